The van der Waals surface area contributed by atoms with Gasteiger partial charge in [0.25, 0.3) is 0 Å². The van der Waals surface area contributed by atoms with Crippen molar-refractivity contribution in [1.29, 1.82) is 0 Å². The molecule has 2 aromatic carbocycles. The SMILES string of the molecule is COC(=O)c1c(OC)cc(C)c2c1Oc1c(c(C)c(O)c3c1C(O)OC3=O)OC2=O. The molecular weight excluding hydrogens is 400 g/mol. The van der Waals surface area contributed by atoms with Gasteiger partial charge in [-0.3, -0.25) is 0 Å². The molecule has 0 aliphatic carbocycles. The molecule has 156 valence electrons. The molecule has 0 amide bonds. The van der Waals surface area contributed by atoms with Crippen molar-refractivity contribution in [3.05, 3.63) is 39.4 Å². The van der Waals surface area contributed by atoms with E-state index in [0.717, 1.165) is 7.11 Å². The van der Waals surface area contributed by atoms with Crippen molar-refractivity contribution in [1.82, 2.24) is 0 Å². The Bertz CT molecular complexity index is 1150. The summed E-state index contributed by atoms with van der Waals surface area (Å²) in [5, 5.41) is 20.6. The van der Waals surface area contributed by atoms with Crippen LogP contribution in [0.4, 0.5) is 0 Å². The lowest BCUT2D eigenvalue weighted by Gasteiger charge is -2.18. The van der Waals surface area contributed by atoms with Crippen LogP contribution >= 0.6 is 0 Å². The summed E-state index contributed by atoms with van der Waals surface area (Å²) in [6, 6.07) is 1.45. The highest BCUT2D eigenvalue weighted by Gasteiger charge is 2.43. The Balaban J connectivity index is 2.10. The van der Waals surface area contributed by atoms with Gasteiger partial charge >= 0.3 is 17.9 Å². The van der Waals surface area contributed by atoms with E-state index >= 15 is 0 Å². The first-order chi connectivity index (χ1) is 14.2. The summed E-state index contributed by atoms with van der Waals surface area (Å²) in [5.41, 5.74) is -0.434. The number of carbonyl (C=O) groups excluding carboxylic acids is 3. The Morgan fingerprint density at radius 1 is 1.03 bits per heavy atom. The van der Waals surface area contributed by atoms with Gasteiger partial charge in [-0.05, 0) is 25.5 Å². The number of benzene rings is 2. The van der Waals surface area contributed by atoms with Crippen molar-refractivity contribution >= 4 is 17.9 Å². The van der Waals surface area contributed by atoms with Gasteiger partial charge in [0.15, 0.2) is 17.2 Å². The van der Waals surface area contributed by atoms with E-state index in [1.807, 2.05) is 0 Å². The predicted octanol–water partition coefficient (Wildman–Crippen LogP) is 2.29. The molecule has 10 nitrogen and oxygen atoms in total. The zero-order chi connectivity index (χ0) is 21.9. The van der Waals surface area contributed by atoms with Crippen LogP contribution in [0.5, 0.6) is 28.7 Å². The van der Waals surface area contributed by atoms with Crippen LogP contribution in [0.1, 0.15) is 54.1 Å². The molecular formula is C20H16O10. The molecule has 10 heteroatoms. The molecule has 1 atom stereocenters. The second kappa shape index (κ2) is 6.63. The van der Waals surface area contributed by atoms with E-state index in [4.69, 9.17) is 23.7 Å². The average Bonchev–Trinajstić information content (AvgIpc) is 2.91. The number of cyclic esters (lactones) is 1. The van der Waals surface area contributed by atoms with Crippen molar-refractivity contribution < 1.29 is 48.3 Å². The fourth-order valence-corrected chi connectivity index (χ4v) is 3.53. The number of fused-ring (bicyclic) bond motifs is 4. The van der Waals surface area contributed by atoms with Gasteiger partial charge in [-0.15, -0.1) is 0 Å². The number of phenolic OH excluding ortho intramolecular Hbond substituents is 1. The molecule has 0 saturated heterocycles. The quantitative estimate of drug-likeness (QED) is 0.554. The standard InChI is InChI=1S/C20H16O10/c1-6-5-8(26-3)10(17(22)27-4)15-9(6)18(23)29-14-7(2)13(21)11-12(16(14)28-15)20(25)30-19(11)24/h5,20-21,25H,1-4H3. The summed E-state index contributed by atoms with van der Waals surface area (Å²) in [6.45, 7) is 2.98. The van der Waals surface area contributed by atoms with E-state index in [1.165, 1.54) is 20.1 Å². The van der Waals surface area contributed by atoms with Crippen LogP contribution in [0.2, 0.25) is 0 Å². The number of methoxy groups -OCH3 is 2. The number of aryl methyl sites for hydroxylation is 1. The minimum Gasteiger partial charge on any atom is -0.507 e. The van der Waals surface area contributed by atoms with Gasteiger partial charge in [0.1, 0.15) is 28.2 Å². The number of aliphatic hydroxyl groups is 1. The van der Waals surface area contributed by atoms with Crippen LogP contribution < -0.4 is 14.2 Å². The first-order valence-corrected chi connectivity index (χ1v) is 8.69. The van der Waals surface area contributed by atoms with Crippen LogP contribution in [0.25, 0.3) is 0 Å². The number of aromatic hydroxyl groups is 1. The number of rotatable bonds is 2. The highest BCUT2D eigenvalue weighted by molar-refractivity contribution is 6.06. The Morgan fingerprint density at radius 3 is 2.37 bits per heavy atom. The maximum absolute atomic E-state index is 12.9. The first-order valence-electron chi connectivity index (χ1n) is 8.69. The maximum atomic E-state index is 12.9. The lowest BCUT2D eigenvalue weighted by atomic mass is 10.0. The number of carbonyl (C=O) groups is 3. The molecule has 0 aromatic heterocycles. The van der Waals surface area contributed by atoms with Crippen molar-refractivity contribution in [2.45, 2.75) is 20.1 Å². The summed E-state index contributed by atoms with van der Waals surface area (Å²) < 4.78 is 26.2. The Hall–Kier alpha value is -3.79. The molecule has 2 aliphatic heterocycles. The van der Waals surface area contributed by atoms with Crippen LogP contribution in [-0.4, -0.2) is 42.3 Å². The molecule has 0 bridgehead atoms. The second-order valence-electron chi connectivity index (χ2n) is 6.64. The van der Waals surface area contributed by atoms with Gasteiger partial charge in [-0.2, -0.15) is 0 Å². The monoisotopic (exact) mass is 416 g/mol. The summed E-state index contributed by atoms with van der Waals surface area (Å²) in [6.07, 6.45) is -1.78. The normalized spacial score (nSPS) is 16.4. The number of esters is 3. The fourth-order valence-electron chi connectivity index (χ4n) is 3.53. The zero-order valence-corrected chi connectivity index (χ0v) is 16.3. The van der Waals surface area contributed by atoms with Gasteiger partial charge < -0.3 is 33.9 Å². The third-order valence-electron chi connectivity index (χ3n) is 4.98. The second-order valence-corrected chi connectivity index (χ2v) is 6.64. The molecule has 2 heterocycles. The molecule has 0 saturated carbocycles. The van der Waals surface area contributed by atoms with Gasteiger partial charge in [0, 0.05) is 5.56 Å². The van der Waals surface area contributed by atoms with Crippen LogP contribution in [-0.2, 0) is 9.47 Å². The largest absolute Gasteiger partial charge is 0.507 e. The number of ether oxygens (including phenoxy) is 5. The highest BCUT2D eigenvalue weighted by atomic mass is 16.6. The van der Waals surface area contributed by atoms with E-state index in [0.29, 0.717) is 5.56 Å². The summed E-state index contributed by atoms with van der Waals surface area (Å²) in [4.78, 5) is 37.5. The smallest absolute Gasteiger partial charge is 0.347 e. The number of hydrogen-bond donors (Lipinski definition) is 2. The molecule has 4 rings (SSSR count). The van der Waals surface area contributed by atoms with E-state index in [9.17, 15) is 24.6 Å². The maximum Gasteiger partial charge on any atom is 0.347 e. The molecule has 0 spiro atoms. The topological polar surface area (TPSA) is 138 Å². The van der Waals surface area contributed by atoms with Crippen molar-refractivity contribution in [3.8, 4) is 28.7 Å². The third-order valence-corrected chi connectivity index (χ3v) is 4.98. The Morgan fingerprint density at radius 2 is 1.73 bits per heavy atom. The van der Waals surface area contributed by atoms with Crippen LogP contribution in [0.15, 0.2) is 6.07 Å². The lowest BCUT2D eigenvalue weighted by Crippen LogP contribution is -2.14. The van der Waals surface area contributed by atoms with E-state index < -0.39 is 29.9 Å². The van der Waals surface area contributed by atoms with Gasteiger partial charge in [-0.1, -0.05) is 0 Å². The molecule has 0 radical (unpaired) electrons. The van der Waals surface area contributed by atoms with Crippen molar-refractivity contribution in [3.63, 3.8) is 0 Å². The Kier molecular flexibility index (Phi) is 4.31. The third kappa shape index (κ3) is 2.50. The first kappa shape index (κ1) is 19.5. The van der Waals surface area contributed by atoms with E-state index in [1.54, 1.807) is 6.92 Å². The molecule has 30 heavy (non-hydrogen) atoms. The number of aliphatic hydroxyl groups excluding tert-OH is 1. The van der Waals surface area contributed by atoms with Gasteiger partial charge in [0.05, 0.1) is 19.8 Å². The van der Waals surface area contributed by atoms with Crippen molar-refractivity contribution in [2.24, 2.45) is 0 Å². The van der Waals surface area contributed by atoms with Crippen LogP contribution in [0, 0.1) is 13.8 Å². The number of phenols is 1. The van der Waals surface area contributed by atoms with E-state index in [2.05, 4.69) is 0 Å². The summed E-state index contributed by atoms with van der Waals surface area (Å²) >= 11 is 0. The minimum absolute atomic E-state index is 0.0141. The summed E-state index contributed by atoms with van der Waals surface area (Å²) in [5.74, 6) is -3.85. The lowest BCUT2D eigenvalue weighted by molar-refractivity contribution is -0.0555. The predicted molar refractivity (Wildman–Crippen MR) is 97.3 cm³/mol. The van der Waals surface area contributed by atoms with E-state index in [-0.39, 0.29) is 50.8 Å². The molecule has 0 fully saturated rings. The highest BCUT2D eigenvalue weighted by Crippen LogP contribution is 2.53. The van der Waals surface area contributed by atoms with Gasteiger partial charge in [0.2, 0.25) is 6.29 Å². The zero-order valence-electron chi connectivity index (χ0n) is 16.3. The number of hydrogen-bond acceptors (Lipinski definition) is 10. The molecule has 2 aliphatic rings. The molecule has 2 aromatic rings. The average molecular weight is 416 g/mol. The minimum atomic E-state index is -1.78. The molecule has 2 N–H and O–H groups in total. The van der Waals surface area contributed by atoms with Crippen LogP contribution in [0.3, 0.4) is 0 Å². The summed E-state index contributed by atoms with van der Waals surface area (Å²) in [7, 11) is 2.47. The van der Waals surface area contributed by atoms with Crippen molar-refractivity contribution in [2.75, 3.05) is 14.2 Å². The molecule has 1 unspecified atom stereocenters. The fraction of sp³-hybridized carbons (Fsp3) is 0.250. The van der Waals surface area contributed by atoms with Gasteiger partial charge in [-0.25, -0.2) is 14.4 Å². The Labute approximate surface area is 169 Å².